The summed E-state index contributed by atoms with van der Waals surface area (Å²) in [5.41, 5.74) is 5.49. The second-order valence-electron chi connectivity index (χ2n) is 9.57. The quantitative estimate of drug-likeness (QED) is 0.376. The minimum absolute atomic E-state index is 0.0493. The van der Waals surface area contributed by atoms with Crippen molar-refractivity contribution < 1.29 is 27.8 Å². The molecule has 0 bridgehead atoms. The average Bonchev–Trinajstić information content (AvgIpc) is 3.18. The van der Waals surface area contributed by atoms with Crippen LogP contribution in [0.25, 0.3) is 11.3 Å². The highest BCUT2D eigenvalue weighted by Crippen LogP contribution is 2.45. The zero-order valence-electron chi connectivity index (χ0n) is 20.6. The number of carboxylic acid groups (broad SMARTS) is 1. The van der Waals surface area contributed by atoms with E-state index in [1.165, 1.54) is 12.1 Å². The molecule has 198 valence electrons. The van der Waals surface area contributed by atoms with Crippen molar-refractivity contribution in [2.24, 2.45) is 5.92 Å². The Balaban J connectivity index is 1.63. The fraction of sp³-hybridized carbons (Fsp3) is 0.393. The SMILES string of the molecule is C=C(c1ccc(Cl)c(CC2=CC(CC)c3cc(OC(F)(F)F)cc(C)c32)c1Cl)N1CCC(C(=O)O)CC1. The average molecular weight is 554 g/mol. The Morgan fingerprint density at radius 3 is 2.49 bits per heavy atom. The van der Waals surface area contributed by atoms with Gasteiger partial charge < -0.3 is 14.7 Å². The number of hydrogen-bond donors (Lipinski definition) is 1. The fourth-order valence-corrected chi connectivity index (χ4v) is 5.96. The number of benzene rings is 2. The fourth-order valence-electron chi connectivity index (χ4n) is 5.34. The predicted octanol–water partition coefficient (Wildman–Crippen LogP) is 8.10. The van der Waals surface area contributed by atoms with Crippen LogP contribution in [0.2, 0.25) is 10.0 Å². The van der Waals surface area contributed by atoms with E-state index in [4.69, 9.17) is 23.2 Å². The van der Waals surface area contributed by atoms with E-state index in [1.807, 2.05) is 17.9 Å². The van der Waals surface area contributed by atoms with Crippen LogP contribution in [0.15, 0.2) is 36.9 Å². The van der Waals surface area contributed by atoms with E-state index in [2.05, 4.69) is 17.4 Å². The van der Waals surface area contributed by atoms with Crippen molar-refractivity contribution in [1.29, 1.82) is 0 Å². The van der Waals surface area contributed by atoms with Gasteiger partial charge in [0.1, 0.15) is 5.75 Å². The van der Waals surface area contributed by atoms with Gasteiger partial charge in [0.15, 0.2) is 0 Å². The van der Waals surface area contributed by atoms with Crippen LogP contribution in [0.4, 0.5) is 13.2 Å². The molecule has 4 rings (SSSR count). The second kappa shape index (κ2) is 10.6. The van der Waals surface area contributed by atoms with E-state index in [-0.39, 0.29) is 17.6 Å². The van der Waals surface area contributed by atoms with Crippen LogP contribution in [0.3, 0.4) is 0 Å². The highest BCUT2D eigenvalue weighted by Gasteiger charge is 2.33. The maximum Gasteiger partial charge on any atom is 0.573 e. The number of allylic oxidation sites excluding steroid dienone is 2. The molecule has 1 atom stereocenters. The monoisotopic (exact) mass is 553 g/mol. The van der Waals surface area contributed by atoms with Gasteiger partial charge in [-0.25, -0.2) is 0 Å². The molecule has 2 aliphatic rings. The van der Waals surface area contributed by atoms with Crippen LogP contribution in [-0.2, 0) is 11.2 Å². The topological polar surface area (TPSA) is 49.8 Å². The molecule has 1 saturated heterocycles. The van der Waals surface area contributed by atoms with Gasteiger partial charge in [-0.05, 0) is 78.3 Å². The molecule has 0 radical (unpaired) electrons. The summed E-state index contributed by atoms with van der Waals surface area (Å²) in [7, 11) is 0. The van der Waals surface area contributed by atoms with E-state index in [0.717, 1.165) is 28.7 Å². The molecule has 0 aromatic heterocycles. The number of likely N-dealkylation sites (tertiary alicyclic amines) is 1. The molecule has 37 heavy (non-hydrogen) atoms. The van der Waals surface area contributed by atoms with Crippen molar-refractivity contribution >= 4 is 40.4 Å². The maximum atomic E-state index is 12.8. The van der Waals surface area contributed by atoms with Gasteiger partial charge in [-0.1, -0.05) is 42.8 Å². The summed E-state index contributed by atoms with van der Waals surface area (Å²) in [5.74, 6) is -1.41. The second-order valence-corrected chi connectivity index (χ2v) is 10.4. The number of piperidine rings is 1. The zero-order valence-corrected chi connectivity index (χ0v) is 22.1. The largest absolute Gasteiger partial charge is 0.573 e. The minimum atomic E-state index is -4.76. The summed E-state index contributed by atoms with van der Waals surface area (Å²) in [6.07, 6.45) is -0.495. The molecule has 1 aliphatic carbocycles. The molecule has 2 aromatic carbocycles. The van der Waals surface area contributed by atoms with Gasteiger partial charge in [-0.15, -0.1) is 13.2 Å². The van der Waals surface area contributed by atoms with Gasteiger partial charge >= 0.3 is 12.3 Å². The van der Waals surface area contributed by atoms with Crippen LogP contribution < -0.4 is 4.74 Å². The first kappa shape index (κ1) is 27.4. The molecular formula is C28H28Cl2F3NO3. The third-order valence-electron chi connectivity index (χ3n) is 7.23. The minimum Gasteiger partial charge on any atom is -0.481 e. The Kier molecular flexibility index (Phi) is 7.86. The molecule has 1 N–H and O–H groups in total. The lowest BCUT2D eigenvalue weighted by atomic mass is 9.92. The van der Waals surface area contributed by atoms with Crippen LogP contribution in [-0.4, -0.2) is 35.4 Å². The van der Waals surface area contributed by atoms with Crippen molar-refractivity contribution in [1.82, 2.24) is 4.90 Å². The molecule has 4 nitrogen and oxygen atoms in total. The summed E-state index contributed by atoms with van der Waals surface area (Å²) in [5, 5.41) is 10.2. The van der Waals surface area contributed by atoms with Gasteiger partial charge in [-0.3, -0.25) is 4.79 Å². The predicted molar refractivity (Wildman–Crippen MR) is 140 cm³/mol. The van der Waals surface area contributed by atoms with Crippen molar-refractivity contribution in [2.75, 3.05) is 13.1 Å². The van der Waals surface area contributed by atoms with Gasteiger partial charge in [0, 0.05) is 41.7 Å². The van der Waals surface area contributed by atoms with E-state index in [9.17, 15) is 23.1 Å². The van der Waals surface area contributed by atoms with Crippen LogP contribution in [0.5, 0.6) is 5.75 Å². The van der Waals surface area contributed by atoms with Gasteiger partial charge in [0.05, 0.1) is 10.9 Å². The summed E-state index contributed by atoms with van der Waals surface area (Å²) in [4.78, 5) is 13.3. The van der Waals surface area contributed by atoms with Crippen molar-refractivity contribution in [3.8, 4) is 5.75 Å². The first-order chi connectivity index (χ1) is 17.4. The normalized spacial score (nSPS) is 18.0. The molecule has 9 heteroatoms. The van der Waals surface area contributed by atoms with Crippen LogP contribution in [0, 0.1) is 12.8 Å². The molecule has 2 aromatic rings. The lowest BCUT2D eigenvalue weighted by Gasteiger charge is -2.34. The van der Waals surface area contributed by atoms with E-state index in [0.29, 0.717) is 59.2 Å². The highest BCUT2D eigenvalue weighted by molar-refractivity contribution is 6.37. The Morgan fingerprint density at radius 1 is 1.22 bits per heavy atom. The lowest BCUT2D eigenvalue weighted by Crippen LogP contribution is -2.35. The number of hydrogen-bond acceptors (Lipinski definition) is 3. The molecule has 1 fully saturated rings. The maximum absolute atomic E-state index is 12.8. The number of ether oxygens (including phenoxy) is 1. The molecule has 0 amide bonds. The van der Waals surface area contributed by atoms with E-state index in [1.54, 1.807) is 13.0 Å². The number of nitrogens with zero attached hydrogens (tertiary/aromatic N) is 1. The first-order valence-electron chi connectivity index (χ1n) is 12.1. The van der Waals surface area contributed by atoms with Crippen LogP contribution in [0.1, 0.15) is 59.9 Å². The third kappa shape index (κ3) is 5.78. The number of aryl methyl sites for hydroxylation is 1. The van der Waals surface area contributed by atoms with Crippen molar-refractivity contribution in [3.63, 3.8) is 0 Å². The first-order valence-corrected chi connectivity index (χ1v) is 12.9. The number of rotatable bonds is 7. The molecule has 1 aliphatic heterocycles. The summed E-state index contributed by atoms with van der Waals surface area (Å²) >= 11 is 13.5. The van der Waals surface area contributed by atoms with Crippen molar-refractivity contribution in [3.05, 3.63) is 74.8 Å². The Morgan fingerprint density at radius 2 is 1.89 bits per heavy atom. The number of fused-ring (bicyclic) bond motifs is 1. The molecule has 0 spiro atoms. The smallest absolute Gasteiger partial charge is 0.481 e. The molecule has 0 saturated carbocycles. The zero-order chi connectivity index (χ0) is 27.1. The number of halogens is 5. The summed E-state index contributed by atoms with van der Waals surface area (Å²) in [6, 6.07) is 6.46. The summed E-state index contributed by atoms with van der Waals surface area (Å²) < 4.78 is 42.7. The van der Waals surface area contributed by atoms with Crippen molar-refractivity contribution in [2.45, 2.75) is 51.8 Å². The number of alkyl halides is 3. The number of carboxylic acids is 1. The van der Waals surface area contributed by atoms with E-state index >= 15 is 0 Å². The number of carbonyl (C=O) groups is 1. The molecule has 1 unspecified atom stereocenters. The Hall–Kier alpha value is -2.64. The molecular weight excluding hydrogens is 526 g/mol. The third-order valence-corrected chi connectivity index (χ3v) is 8.01. The van der Waals surface area contributed by atoms with Gasteiger partial charge in [-0.2, -0.15) is 0 Å². The molecule has 1 heterocycles. The Bertz CT molecular complexity index is 1260. The van der Waals surface area contributed by atoms with Gasteiger partial charge in [0.2, 0.25) is 0 Å². The Labute approximate surface area is 224 Å². The number of aliphatic carboxylic acids is 1. The van der Waals surface area contributed by atoms with E-state index < -0.39 is 12.3 Å². The van der Waals surface area contributed by atoms with Gasteiger partial charge in [0.25, 0.3) is 0 Å². The highest BCUT2D eigenvalue weighted by atomic mass is 35.5. The lowest BCUT2D eigenvalue weighted by molar-refractivity contribution is -0.274. The summed E-state index contributed by atoms with van der Waals surface area (Å²) in [6.45, 7) is 9.13. The standard InChI is InChI=1S/C28H28Cl2F3NO3/c1-4-17-12-19(25-15(2)11-20(14-22(17)25)37-28(31,32)33)13-23-24(29)6-5-21(26(23)30)16(3)34-9-7-18(8-10-34)27(35)36/h5-6,11-12,14,17-18H,3-4,7-10,13H2,1-2H3,(H,35,36). The van der Waals surface area contributed by atoms with Crippen LogP contribution >= 0.6 is 23.2 Å².